The van der Waals surface area contributed by atoms with Crippen molar-refractivity contribution in [2.45, 2.75) is 76.4 Å². The SMILES string of the molecule is CC(C)n1nccc1C(=O)N[C@H](C(=O)Nc1cn(C(CC(F)F)c2cc(Cl)n[nH]c2=O)nc1F)C1CCC(F)(F)CC1. The van der Waals surface area contributed by atoms with E-state index in [-0.39, 0.29) is 35.3 Å². The van der Waals surface area contributed by atoms with Crippen LogP contribution in [0.25, 0.3) is 0 Å². The Balaban J connectivity index is 1.62. The zero-order chi connectivity index (χ0) is 30.8. The summed E-state index contributed by atoms with van der Waals surface area (Å²) in [5.41, 5.74) is -1.54. The lowest BCUT2D eigenvalue weighted by atomic mass is 9.81. The van der Waals surface area contributed by atoms with Gasteiger partial charge in [0.25, 0.3) is 17.4 Å². The Hall–Kier alpha value is -3.82. The molecule has 0 aliphatic heterocycles. The van der Waals surface area contributed by atoms with Crippen molar-refractivity contribution in [3.8, 4) is 0 Å². The molecule has 1 aliphatic rings. The number of aromatic amines is 1. The molecule has 0 bridgehead atoms. The fourth-order valence-electron chi connectivity index (χ4n) is 4.93. The van der Waals surface area contributed by atoms with Crippen molar-refractivity contribution in [2.24, 2.45) is 5.92 Å². The summed E-state index contributed by atoms with van der Waals surface area (Å²) < 4.78 is 71.7. The fraction of sp³-hybridized carbons (Fsp3) is 0.520. The first kappa shape index (κ1) is 31.1. The average molecular weight is 619 g/mol. The predicted octanol–water partition coefficient (Wildman–Crippen LogP) is 4.34. The normalized spacial score (nSPS) is 16.9. The van der Waals surface area contributed by atoms with Crippen LogP contribution in [0.3, 0.4) is 0 Å². The molecule has 4 rings (SSSR count). The molecule has 1 fully saturated rings. The first-order valence-corrected chi connectivity index (χ1v) is 13.4. The number of carbonyl (C=O) groups excluding carboxylic acids is 2. The lowest BCUT2D eigenvalue weighted by Gasteiger charge is -2.33. The monoisotopic (exact) mass is 618 g/mol. The molecule has 3 aromatic rings. The lowest BCUT2D eigenvalue weighted by Crippen LogP contribution is -2.50. The second-order valence-electron chi connectivity index (χ2n) is 10.3. The number of amides is 2. The van der Waals surface area contributed by atoms with E-state index in [9.17, 15) is 36.3 Å². The summed E-state index contributed by atoms with van der Waals surface area (Å²) in [7, 11) is 0. The largest absolute Gasteiger partial charge is 0.339 e. The minimum atomic E-state index is -2.94. The highest BCUT2D eigenvalue weighted by Gasteiger charge is 2.41. The summed E-state index contributed by atoms with van der Waals surface area (Å²) in [5.74, 6) is -6.52. The lowest BCUT2D eigenvalue weighted by molar-refractivity contribution is -0.121. The highest BCUT2D eigenvalue weighted by Crippen LogP contribution is 2.38. The van der Waals surface area contributed by atoms with Crippen molar-refractivity contribution < 1.29 is 31.5 Å². The van der Waals surface area contributed by atoms with E-state index in [1.807, 2.05) is 0 Å². The highest BCUT2D eigenvalue weighted by atomic mass is 35.5. The summed E-state index contributed by atoms with van der Waals surface area (Å²) in [5, 5.41) is 17.8. The van der Waals surface area contributed by atoms with Gasteiger partial charge in [0, 0.05) is 37.1 Å². The van der Waals surface area contributed by atoms with Gasteiger partial charge in [0.15, 0.2) is 0 Å². The summed E-state index contributed by atoms with van der Waals surface area (Å²) >= 11 is 5.81. The number of nitrogens with one attached hydrogen (secondary N) is 3. The maximum absolute atomic E-state index is 14.9. The summed E-state index contributed by atoms with van der Waals surface area (Å²) in [4.78, 5) is 38.9. The van der Waals surface area contributed by atoms with Crippen LogP contribution < -0.4 is 16.2 Å². The standard InChI is InChI=1S/C25H28ClF5N8O3/c1-12(2)39-16(5-8-32-39)23(41)34-20(13-3-6-25(30,31)7-4-13)24(42)33-15-11-38(37-21(15)29)17(10-19(27)28)14-9-18(26)35-36-22(14)40/h5,8-9,11-13,17,19-20H,3-4,6-7,10H2,1-2H3,(H,33,42)(H,34,41)(H,36,40)/t17?,20-/m0/s1. The Bertz CT molecular complexity index is 1480. The number of hydrogen-bond donors (Lipinski definition) is 3. The number of carbonyl (C=O) groups is 2. The van der Waals surface area contributed by atoms with Gasteiger partial charge in [-0.1, -0.05) is 11.6 Å². The predicted molar refractivity (Wildman–Crippen MR) is 140 cm³/mol. The average Bonchev–Trinajstić information content (AvgIpc) is 3.55. The molecule has 17 heteroatoms. The Kier molecular flexibility index (Phi) is 9.33. The second-order valence-corrected chi connectivity index (χ2v) is 10.7. The molecule has 1 aliphatic carbocycles. The molecule has 42 heavy (non-hydrogen) atoms. The van der Waals surface area contributed by atoms with Gasteiger partial charge in [-0.15, -0.1) is 5.10 Å². The number of halogens is 6. The van der Waals surface area contributed by atoms with Gasteiger partial charge in [0.05, 0.1) is 12.2 Å². The van der Waals surface area contributed by atoms with E-state index in [0.29, 0.717) is 0 Å². The quantitative estimate of drug-likeness (QED) is 0.289. The second kappa shape index (κ2) is 12.6. The van der Waals surface area contributed by atoms with Crippen molar-refractivity contribution in [1.82, 2.24) is 35.1 Å². The Morgan fingerprint density at radius 3 is 2.57 bits per heavy atom. The zero-order valence-corrected chi connectivity index (χ0v) is 23.2. The van der Waals surface area contributed by atoms with E-state index in [2.05, 4.69) is 31.0 Å². The highest BCUT2D eigenvalue weighted by molar-refractivity contribution is 6.29. The van der Waals surface area contributed by atoms with Crippen LogP contribution in [-0.2, 0) is 4.79 Å². The van der Waals surface area contributed by atoms with Crippen molar-refractivity contribution in [1.29, 1.82) is 0 Å². The van der Waals surface area contributed by atoms with Crippen molar-refractivity contribution >= 4 is 29.1 Å². The van der Waals surface area contributed by atoms with Gasteiger partial charge in [0.2, 0.25) is 18.3 Å². The molecule has 228 valence electrons. The van der Waals surface area contributed by atoms with Crippen LogP contribution in [0.2, 0.25) is 5.15 Å². The minimum Gasteiger partial charge on any atom is -0.339 e. The minimum absolute atomic E-state index is 0.0986. The zero-order valence-electron chi connectivity index (χ0n) is 22.5. The molecule has 0 aromatic carbocycles. The molecule has 3 heterocycles. The molecule has 0 saturated heterocycles. The van der Waals surface area contributed by atoms with Crippen LogP contribution in [0.4, 0.5) is 27.6 Å². The van der Waals surface area contributed by atoms with Crippen LogP contribution in [0.15, 0.2) is 29.3 Å². The molecule has 1 saturated carbocycles. The first-order chi connectivity index (χ1) is 19.8. The van der Waals surface area contributed by atoms with Crippen LogP contribution in [0, 0.1) is 11.9 Å². The van der Waals surface area contributed by atoms with Gasteiger partial charge in [-0.05, 0) is 44.7 Å². The van der Waals surface area contributed by atoms with Gasteiger partial charge < -0.3 is 10.6 Å². The number of H-pyrrole nitrogens is 1. The topological polar surface area (TPSA) is 140 Å². The van der Waals surface area contributed by atoms with Gasteiger partial charge in [-0.2, -0.15) is 14.6 Å². The molecular weight excluding hydrogens is 591 g/mol. The molecule has 1 unspecified atom stereocenters. The Morgan fingerprint density at radius 2 is 1.93 bits per heavy atom. The molecule has 0 radical (unpaired) electrons. The third-order valence-corrected chi connectivity index (χ3v) is 7.21. The van der Waals surface area contributed by atoms with Crippen LogP contribution in [0.5, 0.6) is 0 Å². The molecule has 0 spiro atoms. The van der Waals surface area contributed by atoms with Gasteiger partial charge >= 0.3 is 0 Å². The number of nitrogens with zero attached hydrogens (tertiary/aromatic N) is 5. The summed E-state index contributed by atoms with van der Waals surface area (Å²) in [6.07, 6.45) is -2.79. The molecule has 11 nitrogen and oxygen atoms in total. The van der Waals surface area contributed by atoms with Gasteiger partial charge in [-0.25, -0.2) is 22.7 Å². The molecule has 2 atom stereocenters. The van der Waals surface area contributed by atoms with Crippen molar-refractivity contribution in [3.05, 3.63) is 57.2 Å². The summed E-state index contributed by atoms with van der Waals surface area (Å²) in [6.45, 7) is 3.57. The van der Waals surface area contributed by atoms with Crippen LogP contribution >= 0.6 is 11.6 Å². The maximum atomic E-state index is 14.9. The number of rotatable bonds is 10. The van der Waals surface area contributed by atoms with Crippen molar-refractivity contribution in [2.75, 3.05) is 5.32 Å². The van der Waals surface area contributed by atoms with Crippen LogP contribution in [0.1, 0.15) is 74.1 Å². The fourth-order valence-corrected chi connectivity index (χ4v) is 5.09. The Morgan fingerprint density at radius 1 is 1.24 bits per heavy atom. The van der Waals surface area contributed by atoms with E-state index in [1.165, 1.54) is 16.9 Å². The van der Waals surface area contributed by atoms with Crippen LogP contribution in [-0.4, -0.2) is 60.0 Å². The smallest absolute Gasteiger partial charge is 0.270 e. The van der Waals surface area contributed by atoms with E-state index in [4.69, 9.17) is 11.6 Å². The number of anilines is 1. The number of alkyl halides is 4. The molecule has 3 N–H and O–H groups in total. The van der Waals surface area contributed by atoms with E-state index >= 15 is 0 Å². The third kappa shape index (κ3) is 7.14. The van der Waals surface area contributed by atoms with Crippen molar-refractivity contribution in [3.63, 3.8) is 0 Å². The number of aromatic nitrogens is 6. The van der Waals surface area contributed by atoms with E-state index in [1.54, 1.807) is 13.8 Å². The molecule has 2 amide bonds. The maximum Gasteiger partial charge on any atom is 0.270 e. The van der Waals surface area contributed by atoms with E-state index in [0.717, 1.165) is 16.9 Å². The summed E-state index contributed by atoms with van der Waals surface area (Å²) in [6, 6.07) is -0.575. The Labute approximate surface area is 240 Å². The number of hydrogen-bond acceptors (Lipinski definition) is 6. The first-order valence-electron chi connectivity index (χ1n) is 13.1. The van der Waals surface area contributed by atoms with Gasteiger partial charge in [-0.3, -0.25) is 23.7 Å². The van der Waals surface area contributed by atoms with E-state index < -0.39 is 78.6 Å². The van der Waals surface area contributed by atoms with Gasteiger partial charge in [0.1, 0.15) is 22.6 Å². The third-order valence-electron chi connectivity index (χ3n) is 7.02. The molecule has 3 aromatic heterocycles. The molecular formula is C25H28ClF5N8O3.